The molecule has 1 aliphatic rings. The van der Waals surface area contributed by atoms with E-state index < -0.39 is 0 Å². The van der Waals surface area contributed by atoms with Gasteiger partial charge in [0.25, 0.3) is 0 Å². The maximum atomic E-state index is 5.73. The van der Waals surface area contributed by atoms with Gasteiger partial charge in [0.05, 0.1) is 6.61 Å². The second-order valence-corrected chi connectivity index (χ2v) is 5.15. The molecule has 16 heavy (non-hydrogen) atoms. The van der Waals surface area contributed by atoms with Crippen LogP contribution in [0.15, 0.2) is 18.2 Å². The second kappa shape index (κ2) is 4.88. The third kappa shape index (κ3) is 2.56. The van der Waals surface area contributed by atoms with Crippen molar-refractivity contribution < 1.29 is 4.74 Å². The molecule has 2 heteroatoms. The quantitative estimate of drug-likeness (QED) is 0.844. The monoisotopic (exact) mass is 219 g/mol. The van der Waals surface area contributed by atoms with Crippen molar-refractivity contribution in [1.29, 1.82) is 0 Å². The number of nitrogens with two attached hydrogens (primary N) is 1. The van der Waals surface area contributed by atoms with Crippen molar-refractivity contribution in [2.75, 3.05) is 13.2 Å². The fraction of sp³-hybridized carbons (Fsp3) is 0.571. The van der Waals surface area contributed by atoms with Crippen LogP contribution in [0.1, 0.15) is 25.0 Å². The zero-order chi connectivity index (χ0) is 11.5. The Morgan fingerprint density at radius 2 is 2.06 bits per heavy atom. The van der Waals surface area contributed by atoms with E-state index in [2.05, 4.69) is 32.0 Å². The Balaban J connectivity index is 2.04. The molecule has 88 valence electrons. The molecular weight excluding hydrogens is 198 g/mol. The molecule has 0 saturated heterocycles. The Morgan fingerprint density at radius 3 is 2.75 bits per heavy atom. The zero-order valence-corrected chi connectivity index (χ0v) is 10.2. The minimum Gasteiger partial charge on any atom is -0.493 e. The van der Waals surface area contributed by atoms with E-state index in [-0.39, 0.29) is 0 Å². The van der Waals surface area contributed by atoms with E-state index in [4.69, 9.17) is 10.5 Å². The third-order valence-electron chi connectivity index (χ3n) is 3.11. The first-order valence-corrected chi connectivity index (χ1v) is 6.13. The summed E-state index contributed by atoms with van der Waals surface area (Å²) in [5, 5.41) is 0. The van der Waals surface area contributed by atoms with Crippen LogP contribution in [0.2, 0.25) is 0 Å². The Kier molecular flexibility index (Phi) is 3.49. The third-order valence-corrected chi connectivity index (χ3v) is 3.11. The van der Waals surface area contributed by atoms with Gasteiger partial charge in [-0.25, -0.2) is 0 Å². The highest BCUT2D eigenvalue weighted by Gasteiger charge is 2.20. The predicted octanol–water partition coefficient (Wildman–Crippen LogP) is 2.39. The lowest BCUT2D eigenvalue weighted by Gasteiger charge is -2.09. The fourth-order valence-corrected chi connectivity index (χ4v) is 2.20. The maximum Gasteiger partial charge on any atom is 0.119 e. The summed E-state index contributed by atoms with van der Waals surface area (Å²) in [4.78, 5) is 0. The van der Waals surface area contributed by atoms with E-state index in [9.17, 15) is 0 Å². The smallest absolute Gasteiger partial charge is 0.119 e. The summed E-state index contributed by atoms with van der Waals surface area (Å²) < 4.78 is 5.73. The first-order valence-electron chi connectivity index (χ1n) is 6.13. The lowest BCUT2D eigenvalue weighted by Crippen LogP contribution is -2.13. The molecule has 0 amide bonds. The molecule has 1 aliphatic carbocycles. The van der Waals surface area contributed by atoms with Gasteiger partial charge in [0.15, 0.2) is 0 Å². The number of hydrogen-bond donors (Lipinski definition) is 1. The van der Waals surface area contributed by atoms with E-state index in [0.717, 1.165) is 31.7 Å². The van der Waals surface area contributed by atoms with Crippen molar-refractivity contribution in [2.45, 2.75) is 26.7 Å². The summed E-state index contributed by atoms with van der Waals surface area (Å²) in [5.74, 6) is 2.21. The number of benzene rings is 1. The summed E-state index contributed by atoms with van der Waals surface area (Å²) in [7, 11) is 0. The first kappa shape index (κ1) is 11.5. The van der Waals surface area contributed by atoms with Crippen molar-refractivity contribution in [3.8, 4) is 5.75 Å². The highest BCUT2D eigenvalue weighted by Crippen LogP contribution is 2.29. The van der Waals surface area contributed by atoms with Crippen LogP contribution in [-0.4, -0.2) is 13.2 Å². The Hall–Kier alpha value is -1.02. The van der Waals surface area contributed by atoms with Crippen LogP contribution < -0.4 is 10.5 Å². The minimum atomic E-state index is 0.574. The van der Waals surface area contributed by atoms with Crippen LogP contribution in [0.3, 0.4) is 0 Å². The second-order valence-electron chi connectivity index (χ2n) is 5.15. The number of fused-ring (bicyclic) bond motifs is 1. The van der Waals surface area contributed by atoms with Crippen LogP contribution in [0.4, 0.5) is 0 Å². The Labute approximate surface area is 97.8 Å². The van der Waals surface area contributed by atoms with Crippen molar-refractivity contribution >= 4 is 0 Å². The molecule has 2 rings (SSSR count). The summed E-state index contributed by atoms with van der Waals surface area (Å²) >= 11 is 0. The molecule has 2 N–H and O–H groups in total. The van der Waals surface area contributed by atoms with Crippen molar-refractivity contribution in [1.82, 2.24) is 0 Å². The van der Waals surface area contributed by atoms with E-state index >= 15 is 0 Å². The Morgan fingerprint density at radius 1 is 1.31 bits per heavy atom. The van der Waals surface area contributed by atoms with E-state index in [1.165, 1.54) is 11.1 Å². The molecule has 0 saturated carbocycles. The molecule has 0 aromatic heterocycles. The maximum absolute atomic E-state index is 5.73. The zero-order valence-electron chi connectivity index (χ0n) is 10.2. The number of rotatable bonds is 4. The fourth-order valence-electron chi connectivity index (χ4n) is 2.20. The summed E-state index contributed by atoms with van der Waals surface area (Å²) in [6, 6.07) is 6.47. The molecule has 0 heterocycles. The molecule has 1 atom stereocenters. The van der Waals surface area contributed by atoms with Gasteiger partial charge < -0.3 is 10.5 Å². The number of ether oxygens (including phenoxy) is 1. The van der Waals surface area contributed by atoms with Gasteiger partial charge in [-0.05, 0) is 54.5 Å². The summed E-state index contributed by atoms with van der Waals surface area (Å²) in [5.41, 5.74) is 8.60. The van der Waals surface area contributed by atoms with Crippen LogP contribution >= 0.6 is 0 Å². The lowest BCUT2D eigenvalue weighted by molar-refractivity contribution is 0.271. The van der Waals surface area contributed by atoms with E-state index in [0.29, 0.717) is 11.8 Å². The summed E-state index contributed by atoms with van der Waals surface area (Å²) in [6.07, 6.45) is 2.25. The molecule has 1 aromatic carbocycles. The highest BCUT2D eigenvalue weighted by molar-refractivity contribution is 5.39. The van der Waals surface area contributed by atoms with Gasteiger partial charge in [-0.3, -0.25) is 0 Å². The van der Waals surface area contributed by atoms with E-state index in [1.807, 2.05) is 0 Å². The molecule has 0 spiro atoms. The minimum absolute atomic E-state index is 0.574. The van der Waals surface area contributed by atoms with Gasteiger partial charge in [0, 0.05) is 0 Å². The standard InChI is InChI=1S/C14H21NO/c1-10(2)9-16-14-4-3-12-5-11(8-15)6-13(12)7-14/h3-4,7,10-11H,5-6,8-9,15H2,1-2H3. The normalized spacial score (nSPS) is 18.9. The van der Waals surface area contributed by atoms with Crippen LogP contribution in [0, 0.1) is 11.8 Å². The first-order chi connectivity index (χ1) is 7.69. The van der Waals surface area contributed by atoms with Gasteiger partial charge >= 0.3 is 0 Å². The molecule has 0 fully saturated rings. The van der Waals surface area contributed by atoms with Crippen LogP contribution in [0.25, 0.3) is 0 Å². The molecule has 0 bridgehead atoms. The molecular formula is C14H21NO. The number of hydrogen-bond acceptors (Lipinski definition) is 2. The SMILES string of the molecule is CC(C)COc1ccc2c(c1)CC(CN)C2. The van der Waals surface area contributed by atoms with Crippen LogP contribution in [-0.2, 0) is 12.8 Å². The Bertz CT molecular complexity index is 360. The summed E-state index contributed by atoms with van der Waals surface area (Å²) in [6.45, 7) is 5.91. The van der Waals surface area contributed by atoms with Gasteiger partial charge in [-0.15, -0.1) is 0 Å². The van der Waals surface area contributed by atoms with Gasteiger partial charge in [-0.1, -0.05) is 19.9 Å². The molecule has 1 unspecified atom stereocenters. The van der Waals surface area contributed by atoms with Crippen molar-refractivity contribution in [3.05, 3.63) is 29.3 Å². The molecule has 0 aliphatic heterocycles. The van der Waals surface area contributed by atoms with Crippen molar-refractivity contribution in [3.63, 3.8) is 0 Å². The van der Waals surface area contributed by atoms with Gasteiger partial charge in [0.1, 0.15) is 5.75 Å². The highest BCUT2D eigenvalue weighted by atomic mass is 16.5. The predicted molar refractivity (Wildman–Crippen MR) is 66.7 cm³/mol. The average Bonchev–Trinajstić information content (AvgIpc) is 2.68. The van der Waals surface area contributed by atoms with Crippen molar-refractivity contribution in [2.24, 2.45) is 17.6 Å². The lowest BCUT2D eigenvalue weighted by atomic mass is 10.1. The van der Waals surface area contributed by atoms with Crippen LogP contribution in [0.5, 0.6) is 5.75 Å². The van der Waals surface area contributed by atoms with Gasteiger partial charge in [-0.2, -0.15) is 0 Å². The molecule has 1 aromatic rings. The molecule has 2 nitrogen and oxygen atoms in total. The average molecular weight is 219 g/mol. The largest absolute Gasteiger partial charge is 0.493 e. The topological polar surface area (TPSA) is 35.2 Å². The molecule has 0 radical (unpaired) electrons. The van der Waals surface area contributed by atoms with Gasteiger partial charge in [0.2, 0.25) is 0 Å². The van der Waals surface area contributed by atoms with E-state index in [1.54, 1.807) is 0 Å².